The Morgan fingerprint density at radius 1 is 1.55 bits per heavy atom. The molecule has 0 bridgehead atoms. The normalized spacial score (nSPS) is 21.3. The van der Waals surface area contributed by atoms with Crippen LogP contribution in [-0.4, -0.2) is 30.8 Å². The molecule has 1 aliphatic rings. The fourth-order valence-electron chi connectivity index (χ4n) is 1.41. The number of hydrogen-bond donors (Lipinski definition) is 1. The highest BCUT2D eigenvalue weighted by molar-refractivity contribution is 8.00. The molecule has 0 unspecified atom stereocenters. The zero-order valence-corrected chi connectivity index (χ0v) is 7.85. The smallest absolute Gasteiger partial charge is 0.102 e. The molecule has 0 atom stereocenters. The third kappa shape index (κ3) is 2.34. The summed E-state index contributed by atoms with van der Waals surface area (Å²) >= 11 is 1.92. The second-order valence-corrected chi connectivity index (χ2v) is 4.38. The maximum absolute atomic E-state index is 11.7. The van der Waals surface area contributed by atoms with Crippen LogP contribution in [0.5, 0.6) is 0 Å². The minimum Gasteiger partial charge on any atom is -0.313 e. The highest BCUT2D eigenvalue weighted by Crippen LogP contribution is 2.41. The number of rotatable bonds is 5. The Hall–Kier alpha value is 0.240. The van der Waals surface area contributed by atoms with Crippen LogP contribution in [0.4, 0.5) is 4.39 Å². The molecule has 1 saturated carbocycles. The van der Waals surface area contributed by atoms with Crippen molar-refractivity contribution in [3.63, 3.8) is 0 Å². The SMILES string of the molecule is CSC1(CNCCF)CCC1. The Morgan fingerprint density at radius 2 is 2.27 bits per heavy atom. The Kier molecular flexibility index (Phi) is 3.66. The van der Waals surface area contributed by atoms with Crippen LogP contribution in [0.1, 0.15) is 19.3 Å². The summed E-state index contributed by atoms with van der Waals surface area (Å²) in [6, 6.07) is 0. The summed E-state index contributed by atoms with van der Waals surface area (Å²) in [7, 11) is 0. The standard InChI is InChI=1S/C8H16FNS/c1-11-8(3-2-4-8)7-10-6-5-9/h10H,2-7H2,1H3. The van der Waals surface area contributed by atoms with Crippen molar-refractivity contribution in [2.24, 2.45) is 0 Å². The molecular formula is C8H16FNS. The van der Waals surface area contributed by atoms with Crippen LogP contribution in [-0.2, 0) is 0 Å². The molecule has 0 amide bonds. The molecule has 1 nitrogen and oxygen atoms in total. The van der Waals surface area contributed by atoms with Gasteiger partial charge in [-0.25, -0.2) is 4.39 Å². The lowest BCUT2D eigenvalue weighted by Gasteiger charge is -2.40. The van der Waals surface area contributed by atoms with Gasteiger partial charge in [-0.1, -0.05) is 6.42 Å². The molecule has 0 aromatic carbocycles. The Balaban J connectivity index is 2.11. The van der Waals surface area contributed by atoms with Gasteiger partial charge in [0.2, 0.25) is 0 Å². The van der Waals surface area contributed by atoms with Crippen molar-refractivity contribution < 1.29 is 4.39 Å². The third-order valence-corrected chi connectivity index (χ3v) is 3.83. The first kappa shape index (κ1) is 9.33. The first-order valence-corrected chi connectivity index (χ1v) is 5.37. The molecule has 0 aromatic rings. The van der Waals surface area contributed by atoms with E-state index in [9.17, 15) is 4.39 Å². The lowest BCUT2D eigenvalue weighted by Crippen LogP contribution is -2.43. The van der Waals surface area contributed by atoms with Gasteiger partial charge in [-0.2, -0.15) is 11.8 Å². The van der Waals surface area contributed by atoms with Crippen LogP contribution < -0.4 is 5.32 Å². The van der Waals surface area contributed by atoms with E-state index < -0.39 is 0 Å². The molecule has 1 aliphatic carbocycles. The maximum Gasteiger partial charge on any atom is 0.102 e. The molecule has 0 spiro atoms. The highest BCUT2D eigenvalue weighted by Gasteiger charge is 2.35. The van der Waals surface area contributed by atoms with Crippen LogP contribution in [0.25, 0.3) is 0 Å². The molecular weight excluding hydrogens is 161 g/mol. The van der Waals surface area contributed by atoms with E-state index in [0.717, 1.165) is 6.54 Å². The molecule has 3 heteroatoms. The second-order valence-electron chi connectivity index (χ2n) is 3.11. The maximum atomic E-state index is 11.7. The number of halogens is 1. The third-order valence-electron chi connectivity index (χ3n) is 2.42. The molecule has 0 aliphatic heterocycles. The summed E-state index contributed by atoms with van der Waals surface area (Å²) in [5.74, 6) is 0. The topological polar surface area (TPSA) is 12.0 Å². The first-order valence-electron chi connectivity index (χ1n) is 4.15. The van der Waals surface area contributed by atoms with E-state index in [1.165, 1.54) is 19.3 Å². The average Bonchev–Trinajstić information content (AvgIpc) is 1.95. The highest BCUT2D eigenvalue weighted by atomic mass is 32.2. The Labute approximate surface area is 72.1 Å². The largest absolute Gasteiger partial charge is 0.313 e. The van der Waals surface area contributed by atoms with Gasteiger partial charge in [0.15, 0.2) is 0 Å². The molecule has 11 heavy (non-hydrogen) atoms. The van der Waals surface area contributed by atoms with Gasteiger partial charge in [0.1, 0.15) is 6.67 Å². The molecule has 66 valence electrons. The van der Waals surface area contributed by atoms with Gasteiger partial charge in [0, 0.05) is 17.8 Å². The van der Waals surface area contributed by atoms with Gasteiger partial charge >= 0.3 is 0 Å². The minimum atomic E-state index is -0.246. The molecule has 0 saturated heterocycles. The summed E-state index contributed by atoms with van der Waals surface area (Å²) in [4.78, 5) is 0. The summed E-state index contributed by atoms with van der Waals surface area (Å²) in [6.45, 7) is 1.25. The van der Waals surface area contributed by atoms with E-state index in [-0.39, 0.29) is 6.67 Å². The average molecular weight is 177 g/mol. The van der Waals surface area contributed by atoms with Crippen molar-refractivity contribution in [3.05, 3.63) is 0 Å². The summed E-state index contributed by atoms with van der Waals surface area (Å²) < 4.78 is 12.2. The van der Waals surface area contributed by atoms with Crippen molar-refractivity contribution in [3.8, 4) is 0 Å². The molecule has 1 N–H and O–H groups in total. The number of hydrogen-bond acceptors (Lipinski definition) is 2. The van der Waals surface area contributed by atoms with E-state index in [1.54, 1.807) is 0 Å². The fraction of sp³-hybridized carbons (Fsp3) is 1.00. The predicted molar refractivity (Wildman–Crippen MR) is 48.9 cm³/mol. The van der Waals surface area contributed by atoms with Crippen LogP contribution >= 0.6 is 11.8 Å². The van der Waals surface area contributed by atoms with Crippen molar-refractivity contribution in [2.45, 2.75) is 24.0 Å². The molecule has 1 rings (SSSR count). The lowest BCUT2D eigenvalue weighted by molar-refractivity contribution is 0.338. The molecule has 0 radical (unpaired) electrons. The van der Waals surface area contributed by atoms with Crippen LogP contribution in [0.3, 0.4) is 0 Å². The summed E-state index contributed by atoms with van der Waals surface area (Å²) in [5, 5.41) is 3.13. The number of nitrogens with one attached hydrogen (secondary N) is 1. The summed E-state index contributed by atoms with van der Waals surface area (Å²) in [5.41, 5.74) is 0. The Morgan fingerprint density at radius 3 is 2.64 bits per heavy atom. The van der Waals surface area contributed by atoms with Crippen molar-refractivity contribution in [2.75, 3.05) is 26.0 Å². The monoisotopic (exact) mass is 177 g/mol. The number of thioether (sulfide) groups is 1. The molecule has 1 fully saturated rings. The number of alkyl halides is 1. The lowest BCUT2D eigenvalue weighted by atomic mass is 9.84. The van der Waals surface area contributed by atoms with E-state index in [1.807, 2.05) is 11.8 Å². The summed E-state index contributed by atoms with van der Waals surface area (Å²) in [6.07, 6.45) is 6.09. The quantitative estimate of drug-likeness (QED) is 0.643. The zero-order valence-electron chi connectivity index (χ0n) is 7.03. The van der Waals surface area contributed by atoms with Gasteiger partial charge in [-0.15, -0.1) is 0 Å². The second kappa shape index (κ2) is 4.31. The van der Waals surface area contributed by atoms with Gasteiger partial charge in [-0.3, -0.25) is 0 Å². The minimum absolute atomic E-state index is 0.246. The van der Waals surface area contributed by atoms with Crippen molar-refractivity contribution in [1.82, 2.24) is 5.32 Å². The molecule has 0 aromatic heterocycles. The van der Waals surface area contributed by atoms with Crippen molar-refractivity contribution in [1.29, 1.82) is 0 Å². The zero-order chi connectivity index (χ0) is 8.16. The van der Waals surface area contributed by atoms with Gasteiger partial charge in [0.25, 0.3) is 0 Å². The van der Waals surface area contributed by atoms with Gasteiger partial charge < -0.3 is 5.32 Å². The van der Waals surface area contributed by atoms with Crippen LogP contribution in [0.2, 0.25) is 0 Å². The fourth-order valence-corrected chi connectivity index (χ4v) is 2.35. The van der Waals surface area contributed by atoms with E-state index in [4.69, 9.17) is 0 Å². The van der Waals surface area contributed by atoms with Crippen LogP contribution in [0, 0.1) is 0 Å². The predicted octanol–water partition coefficient (Wildman–Crippen LogP) is 1.83. The Bertz CT molecular complexity index is 109. The van der Waals surface area contributed by atoms with Crippen molar-refractivity contribution >= 4 is 11.8 Å². The molecule has 0 heterocycles. The first-order chi connectivity index (χ1) is 5.33. The van der Waals surface area contributed by atoms with E-state index in [2.05, 4.69) is 11.6 Å². The van der Waals surface area contributed by atoms with Gasteiger partial charge in [0.05, 0.1) is 0 Å². The van der Waals surface area contributed by atoms with Gasteiger partial charge in [-0.05, 0) is 19.1 Å². The van der Waals surface area contributed by atoms with Crippen LogP contribution in [0.15, 0.2) is 0 Å². The van der Waals surface area contributed by atoms with E-state index >= 15 is 0 Å². The van der Waals surface area contributed by atoms with E-state index in [0.29, 0.717) is 11.3 Å².